The van der Waals surface area contributed by atoms with E-state index in [0.29, 0.717) is 17.7 Å². The van der Waals surface area contributed by atoms with E-state index in [-0.39, 0.29) is 18.8 Å². The molecule has 118 valence electrons. The molecule has 0 aromatic heterocycles. The summed E-state index contributed by atoms with van der Waals surface area (Å²) in [7, 11) is 0. The van der Waals surface area contributed by atoms with Gasteiger partial charge in [-0.1, -0.05) is 18.2 Å². The lowest BCUT2D eigenvalue weighted by atomic mass is 10.1. The van der Waals surface area contributed by atoms with E-state index < -0.39 is 17.9 Å². The minimum absolute atomic E-state index is 0.106. The van der Waals surface area contributed by atoms with Gasteiger partial charge in [-0.05, 0) is 31.9 Å². The Morgan fingerprint density at radius 3 is 2.73 bits per heavy atom. The highest BCUT2D eigenvalue weighted by Crippen LogP contribution is 2.13. The van der Waals surface area contributed by atoms with Crippen molar-refractivity contribution < 1.29 is 24.2 Å². The van der Waals surface area contributed by atoms with Crippen molar-refractivity contribution >= 4 is 17.7 Å². The van der Waals surface area contributed by atoms with E-state index in [4.69, 9.17) is 9.84 Å². The Labute approximate surface area is 128 Å². The van der Waals surface area contributed by atoms with Gasteiger partial charge in [0.15, 0.2) is 12.4 Å². The highest BCUT2D eigenvalue weighted by molar-refractivity contribution is 5.94. The molecule has 1 atom stereocenters. The smallest absolute Gasteiger partial charge is 0.326 e. The predicted molar refractivity (Wildman–Crippen MR) is 80.9 cm³/mol. The van der Waals surface area contributed by atoms with E-state index >= 15 is 0 Å². The number of carbonyl (C=O) groups excluding carboxylic acids is 2. The molecule has 0 bridgehead atoms. The molecule has 0 aliphatic carbocycles. The number of amides is 1. The fourth-order valence-electron chi connectivity index (χ4n) is 1.73. The molecule has 1 aromatic carbocycles. The van der Waals surface area contributed by atoms with Gasteiger partial charge in [-0.15, -0.1) is 6.58 Å². The molecule has 22 heavy (non-hydrogen) atoms. The van der Waals surface area contributed by atoms with E-state index in [9.17, 15) is 14.4 Å². The van der Waals surface area contributed by atoms with Gasteiger partial charge in [0.05, 0.1) is 0 Å². The summed E-state index contributed by atoms with van der Waals surface area (Å²) >= 11 is 0. The van der Waals surface area contributed by atoms with Gasteiger partial charge < -0.3 is 15.2 Å². The highest BCUT2D eigenvalue weighted by Gasteiger charge is 2.19. The maximum Gasteiger partial charge on any atom is 0.326 e. The lowest BCUT2D eigenvalue weighted by Gasteiger charge is -2.14. The van der Waals surface area contributed by atoms with Crippen molar-refractivity contribution in [3.8, 4) is 5.75 Å². The van der Waals surface area contributed by atoms with Crippen LogP contribution in [0, 0.1) is 0 Å². The third kappa shape index (κ3) is 5.78. The molecule has 0 spiro atoms. The molecule has 1 aromatic rings. The van der Waals surface area contributed by atoms with Crippen molar-refractivity contribution in [2.75, 3.05) is 6.61 Å². The number of hydrogen-bond acceptors (Lipinski definition) is 4. The highest BCUT2D eigenvalue weighted by atomic mass is 16.5. The second-order valence-electron chi connectivity index (χ2n) is 4.70. The first-order valence-corrected chi connectivity index (χ1v) is 6.81. The Kier molecular flexibility index (Phi) is 6.82. The predicted octanol–water partition coefficient (Wildman–Crippen LogP) is 1.80. The minimum atomic E-state index is -1.10. The summed E-state index contributed by atoms with van der Waals surface area (Å²) in [4.78, 5) is 34.0. The topological polar surface area (TPSA) is 92.7 Å². The molecule has 2 N–H and O–H groups in total. The first kappa shape index (κ1) is 17.4. The number of rotatable bonds is 9. The molecule has 0 aliphatic heterocycles. The monoisotopic (exact) mass is 305 g/mol. The van der Waals surface area contributed by atoms with Crippen LogP contribution in [-0.4, -0.2) is 35.4 Å². The summed E-state index contributed by atoms with van der Waals surface area (Å²) in [6.07, 6.45) is 2.34. The van der Waals surface area contributed by atoms with Crippen molar-refractivity contribution in [1.82, 2.24) is 5.32 Å². The molecule has 1 rings (SSSR count). The molecule has 0 radical (unpaired) electrons. The molecular formula is C16H19NO5. The van der Waals surface area contributed by atoms with Gasteiger partial charge in [-0.2, -0.15) is 0 Å². The van der Waals surface area contributed by atoms with E-state index in [1.165, 1.54) is 13.0 Å². The Balaban J connectivity index is 2.54. The maximum absolute atomic E-state index is 11.7. The summed E-state index contributed by atoms with van der Waals surface area (Å²) in [5.41, 5.74) is 0.479. The molecule has 6 nitrogen and oxygen atoms in total. The number of carboxylic acid groups (broad SMARTS) is 1. The van der Waals surface area contributed by atoms with Crippen LogP contribution in [0.5, 0.6) is 5.75 Å². The third-order valence-electron chi connectivity index (χ3n) is 2.90. The van der Waals surface area contributed by atoms with Gasteiger partial charge >= 0.3 is 5.97 Å². The molecule has 0 heterocycles. The molecule has 1 amide bonds. The average Bonchev–Trinajstić information content (AvgIpc) is 2.49. The number of allylic oxidation sites excluding steroid dienone is 1. The molecule has 0 aliphatic rings. The fourth-order valence-corrected chi connectivity index (χ4v) is 1.73. The van der Waals surface area contributed by atoms with E-state index in [0.717, 1.165) is 0 Å². The molecule has 0 fully saturated rings. The Hall–Kier alpha value is -2.63. The van der Waals surface area contributed by atoms with Crippen LogP contribution in [0.3, 0.4) is 0 Å². The standard InChI is InChI=1S/C16H19NO5/c1-3-4-8-14(16(20)21)17-15(19)10-22-13-7-5-6-12(9-13)11(2)18/h3,5-7,9,14H,1,4,8,10H2,2H3,(H,17,19)(H,20,21). The summed E-state index contributed by atoms with van der Waals surface area (Å²) in [6, 6.07) is 5.46. The molecule has 1 unspecified atom stereocenters. The molecule has 0 saturated heterocycles. The number of nitrogens with one attached hydrogen (secondary N) is 1. The minimum Gasteiger partial charge on any atom is -0.484 e. The lowest BCUT2D eigenvalue weighted by Crippen LogP contribution is -2.42. The Bertz CT molecular complexity index is 567. The molecule has 6 heteroatoms. The Morgan fingerprint density at radius 1 is 1.41 bits per heavy atom. The summed E-state index contributed by atoms with van der Waals surface area (Å²) in [5, 5.41) is 11.4. The van der Waals surface area contributed by atoms with Crippen LogP contribution in [0.2, 0.25) is 0 Å². The quantitative estimate of drug-likeness (QED) is 0.536. The number of benzene rings is 1. The molecule has 0 saturated carbocycles. The van der Waals surface area contributed by atoms with E-state index in [2.05, 4.69) is 11.9 Å². The first-order valence-electron chi connectivity index (χ1n) is 6.81. The largest absolute Gasteiger partial charge is 0.484 e. The second kappa shape index (κ2) is 8.61. The van der Waals surface area contributed by atoms with Crippen LogP contribution < -0.4 is 10.1 Å². The zero-order valence-corrected chi connectivity index (χ0v) is 12.4. The van der Waals surface area contributed by atoms with Crippen LogP contribution in [-0.2, 0) is 9.59 Å². The Morgan fingerprint density at radius 2 is 2.14 bits per heavy atom. The van der Waals surface area contributed by atoms with Crippen LogP contribution >= 0.6 is 0 Å². The first-order chi connectivity index (χ1) is 10.4. The van der Waals surface area contributed by atoms with Gasteiger partial charge in [0.1, 0.15) is 11.8 Å². The summed E-state index contributed by atoms with van der Waals surface area (Å²) in [5.74, 6) is -1.37. The van der Waals surface area contributed by atoms with Crippen LogP contribution in [0.4, 0.5) is 0 Å². The third-order valence-corrected chi connectivity index (χ3v) is 2.90. The fraction of sp³-hybridized carbons (Fsp3) is 0.312. The normalized spacial score (nSPS) is 11.3. The lowest BCUT2D eigenvalue weighted by molar-refractivity contribution is -0.142. The van der Waals surface area contributed by atoms with Gasteiger partial charge in [0, 0.05) is 5.56 Å². The SMILES string of the molecule is C=CCCC(NC(=O)COc1cccc(C(C)=O)c1)C(=O)O. The number of aliphatic carboxylic acids is 1. The van der Waals surface area contributed by atoms with Crippen molar-refractivity contribution in [2.45, 2.75) is 25.8 Å². The molecular weight excluding hydrogens is 286 g/mol. The maximum atomic E-state index is 11.7. The van der Waals surface area contributed by atoms with Crippen molar-refractivity contribution in [1.29, 1.82) is 0 Å². The number of ketones is 1. The van der Waals surface area contributed by atoms with Crippen LogP contribution in [0.1, 0.15) is 30.1 Å². The van der Waals surface area contributed by atoms with E-state index in [1.807, 2.05) is 0 Å². The van der Waals surface area contributed by atoms with Gasteiger partial charge in [-0.25, -0.2) is 4.79 Å². The van der Waals surface area contributed by atoms with Gasteiger partial charge in [0.2, 0.25) is 0 Å². The van der Waals surface area contributed by atoms with Gasteiger partial charge in [-0.3, -0.25) is 9.59 Å². The summed E-state index contributed by atoms with van der Waals surface area (Å²) in [6.45, 7) is 4.62. The second-order valence-corrected chi connectivity index (χ2v) is 4.70. The van der Waals surface area contributed by atoms with Crippen molar-refractivity contribution in [3.63, 3.8) is 0 Å². The number of ether oxygens (including phenoxy) is 1. The number of hydrogen-bond donors (Lipinski definition) is 2. The van der Waals surface area contributed by atoms with Crippen molar-refractivity contribution in [2.24, 2.45) is 0 Å². The van der Waals surface area contributed by atoms with Crippen LogP contribution in [0.25, 0.3) is 0 Å². The summed E-state index contributed by atoms with van der Waals surface area (Å²) < 4.78 is 5.27. The van der Waals surface area contributed by atoms with Crippen molar-refractivity contribution in [3.05, 3.63) is 42.5 Å². The number of Topliss-reactive ketones (excluding diaryl/α,β-unsaturated/α-hetero) is 1. The number of carbonyl (C=O) groups is 3. The van der Waals surface area contributed by atoms with Crippen LogP contribution in [0.15, 0.2) is 36.9 Å². The van der Waals surface area contributed by atoms with Gasteiger partial charge in [0.25, 0.3) is 5.91 Å². The zero-order valence-electron chi connectivity index (χ0n) is 12.4. The van der Waals surface area contributed by atoms with E-state index in [1.54, 1.807) is 24.3 Å². The number of carboxylic acids is 1. The zero-order chi connectivity index (χ0) is 16.5. The average molecular weight is 305 g/mol.